The second-order valence-electron chi connectivity index (χ2n) is 8.25. The van der Waals surface area contributed by atoms with Gasteiger partial charge < -0.3 is 4.74 Å². The Hall–Kier alpha value is -1.84. The van der Waals surface area contributed by atoms with Crippen LogP contribution >= 0.6 is 0 Å². The molecule has 0 unspecified atom stereocenters. The van der Waals surface area contributed by atoms with Gasteiger partial charge in [-0.15, -0.1) is 0 Å². The standard InChI is InChI=1S/C22H33NO3/c1-13(2)17-11-18(14(3)4)21(19(12-17)15(5)6)16(7)26-22(25)23-10-8-9-20(23)24/h11-16H,8-10H2,1-7H3/t16-/m1/s1. The van der Waals surface area contributed by atoms with Crippen molar-refractivity contribution in [2.75, 3.05) is 6.54 Å². The van der Waals surface area contributed by atoms with Gasteiger partial charge in [0.25, 0.3) is 0 Å². The molecule has 1 fully saturated rings. The van der Waals surface area contributed by atoms with Crippen molar-refractivity contribution in [3.63, 3.8) is 0 Å². The number of imide groups is 1. The molecule has 0 spiro atoms. The molecule has 1 aromatic carbocycles. The molecule has 0 saturated carbocycles. The average Bonchev–Trinajstić information content (AvgIpc) is 2.99. The number of ether oxygens (including phenoxy) is 1. The molecule has 2 rings (SSSR count). The maximum atomic E-state index is 12.5. The molecule has 0 aromatic heterocycles. The van der Waals surface area contributed by atoms with Gasteiger partial charge in [0.15, 0.2) is 0 Å². The number of carbonyl (C=O) groups is 2. The number of nitrogens with zero attached hydrogens (tertiary/aromatic N) is 1. The van der Waals surface area contributed by atoms with Crippen molar-refractivity contribution < 1.29 is 14.3 Å². The van der Waals surface area contributed by atoms with Crippen molar-refractivity contribution in [1.29, 1.82) is 0 Å². The topological polar surface area (TPSA) is 46.6 Å². The molecule has 1 atom stereocenters. The quantitative estimate of drug-likeness (QED) is 0.660. The molecular formula is C22H33NO3. The Kier molecular flexibility index (Phi) is 6.48. The lowest BCUT2D eigenvalue weighted by molar-refractivity contribution is -0.126. The Morgan fingerprint density at radius 3 is 1.88 bits per heavy atom. The van der Waals surface area contributed by atoms with Crippen LogP contribution in [0.5, 0.6) is 0 Å². The summed E-state index contributed by atoms with van der Waals surface area (Å²) in [7, 11) is 0. The van der Waals surface area contributed by atoms with Crippen molar-refractivity contribution in [2.24, 2.45) is 0 Å². The summed E-state index contributed by atoms with van der Waals surface area (Å²) < 4.78 is 5.74. The van der Waals surface area contributed by atoms with Gasteiger partial charge >= 0.3 is 6.09 Å². The fourth-order valence-corrected chi connectivity index (χ4v) is 3.60. The van der Waals surface area contributed by atoms with Gasteiger partial charge in [0.05, 0.1) is 0 Å². The number of benzene rings is 1. The third-order valence-electron chi connectivity index (χ3n) is 5.15. The first-order valence-corrected chi connectivity index (χ1v) is 9.82. The van der Waals surface area contributed by atoms with Crippen molar-refractivity contribution in [3.05, 3.63) is 34.4 Å². The molecule has 2 amide bonds. The van der Waals surface area contributed by atoms with Crippen molar-refractivity contribution >= 4 is 12.0 Å². The third-order valence-corrected chi connectivity index (χ3v) is 5.15. The Bertz CT molecular complexity index is 647. The van der Waals surface area contributed by atoms with E-state index in [9.17, 15) is 9.59 Å². The molecule has 1 aliphatic heterocycles. The van der Waals surface area contributed by atoms with Crippen molar-refractivity contribution in [2.45, 2.75) is 85.2 Å². The van der Waals surface area contributed by atoms with Crippen LogP contribution in [0, 0.1) is 0 Å². The highest BCUT2D eigenvalue weighted by Gasteiger charge is 2.30. The Balaban J connectivity index is 2.42. The molecule has 1 aliphatic rings. The largest absolute Gasteiger partial charge is 0.441 e. The van der Waals surface area contributed by atoms with Crippen LogP contribution in [0.4, 0.5) is 4.79 Å². The number of likely N-dealkylation sites (tertiary alicyclic amines) is 1. The lowest BCUT2D eigenvalue weighted by Gasteiger charge is -2.27. The summed E-state index contributed by atoms with van der Waals surface area (Å²) in [5.41, 5.74) is 4.87. The predicted octanol–water partition coefficient (Wildman–Crippen LogP) is 5.88. The molecule has 4 nitrogen and oxygen atoms in total. The average molecular weight is 360 g/mol. The van der Waals surface area contributed by atoms with Crippen LogP contribution in [-0.4, -0.2) is 23.4 Å². The highest BCUT2D eigenvalue weighted by molar-refractivity contribution is 5.93. The SMILES string of the molecule is CC(C)c1cc(C(C)C)c([C@@H](C)OC(=O)N2CCCC2=O)c(C(C)C)c1. The minimum atomic E-state index is -0.516. The smallest absolute Gasteiger partial charge is 0.417 e. The van der Waals surface area contributed by atoms with Crippen LogP contribution in [0.15, 0.2) is 12.1 Å². The second kappa shape index (κ2) is 8.24. The number of amides is 2. The van der Waals surface area contributed by atoms with Gasteiger partial charge in [-0.25, -0.2) is 9.69 Å². The predicted molar refractivity (Wildman–Crippen MR) is 105 cm³/mol. The third kappa shape index (κ3) is 4.28. The van der Waals surface area contributed by atoms with Crippen molar-refractivity contribution in [1.82, 2.24) is 4.90 Å². The lowest BCUT2D eigenvalue weighted by Crippen LogP contribution is -2.33. The maximum Gasteiger partial charge on any atom is 0.417 e. The van der Waals surface area contributed by atoms with Gasteiger partial charge in [-0.05, 0) is 53.4 Å². The molecule has 0 N–H and O–H groups in total. The van der Waals surface area contributed by atoms with Crippen LogP contribution in [0.3, 0.4) is 0 Å². The fourth-order valence-electron chi connectivity index (χ4n) is 3.60. The maximum absolute atomic E-state index is 12.5. The van der Waals surface area contributed by atoms with Crippen LogP contribution in [0.2, 0.25) is 0 Å². The molecule has 4 heteroatoms. The van der Waals surface area contributed by atoms with Gasteiger partial charge in [-0.2, -0.15) is 0 Å². The zero-order valence-corrected chi connectivity index (χ0v) is 17.3. The minimum Gasteiger partial charge on any atom is -0.441 e. The first-order chi connectivity index (χ1) is 12.1. The zero-order chi connectivity index (χ0) is 19.6. The van der Waals surface area contributed by atoms with E-state index < -0.39 is 6.09 Å². The lowest BCUT2D eigenvalue weighted by atomic mass is 9.82. The first-order valence-electron chi connectivity index (χ1n) is 9.82. The summed E-state index contributed by atoms with van der Waals surface area (Å²) in [6.45, 7) is 15.5. The van der Waals surface area contributed by atoms with Crippen LogP contribution in [0.25, 0.3) is 0 Å². The number of hydrogen-bond acceptors (Lipinski definition) is 3. The Morgan fingerprint density at radius 1 is 0.962 bits per heavy atom. The summed E-state index contributed by atoms with van der Waals surface area (Å²) >= 11 is 0. The van der Waals surface area contributed by atoms with E-state index in [1.807, 2.05) is 6.92 Å². The van der Waals surface area contributed by atoms with Gasteiger partial charge in [-0.1, -0.05) is 53.7 Å². The highest BCUT2D eigenvalue weighted by Crippen LogP contribution is 2.37. The van der Waals surface area contributed by atoms with E-state index in [0.29, 0.717) is 30.7 Å². The minimum absolute atomic E-state index is 0.134. The monoisotopic (exact) mass is 359 g/mol. The van der Waals surface area contributed by atoms with Gasteiger partial charge in [0.1, 0.15) is 6.10 Å². The summed E-state index contributed by atoms with van der Waals surface area (Å²) in [6.07, 6.45) is 0.255. The summed E-state index contributed by atoms with van der Waals surface area (Å²) in [6, 6.07) is 4.50. The molecule has 1 saturated heterocycles. The molecule has 26 heavy (non-hydrogen) atoms. The molecule has 1 heterocycles. The Morgan fingerprint density at radius 2 is 1.50 bits per heavy atom. The Labute approximate surface area is 157 Å². The van der Waals surface area contributed by atoms with Crippen LogP contribution < -0.4 is 0 Å². The van der Waals surface area contributed by atoms with E-state index in [-0.39, 0.29) is 12.0 Å². The number of carbonyl (C=O) groups excluding carboxylic acids is 2. The molecule has 0 aliphatic carbocycles. The van der Waals surface area contributed by atoms with Crippen LogP contribution in [-0.2, 0) is 9.53 Å². The normalized spacial score (nSPS) is 16.1. The molecule has 0 radical (unpaired) electrons. The van der Waals surface area contributed by atoms with Crippen LogP contribution in [0.1, 0.15) is 107 Å². The molecule has 144 valence electrons. The first kappa shape index (κ1) is 20.5. The van der Waals surface area contributed by atoms with E-state index >= 15 is 0 Å². The van der Waals surface area contributed by atoms with E-state index in [2.05, 4.69) is 53.7 Å². The van der Waals surface area contributed by atoms with Gasteiger partial charge in [-0.3, -0.25) is 4.79 Å². The van der Waals surface area contributed by atoms with Gasteiger partial charge in [0, 0.05) is 13.0 Å². The zero-order valence-electron chi connectivity index (χ0n) is 17.3. The van der Waals surface area contributed by atoms with Gasteiger partial charge in [0.2, 0.25) is 5.91 Å². The second-order valence-corrected chi connectivity index (χ2v) is 8.25. The fraction of sp³-hybridized carbons (Fsp3) is 0.636. The molecule has 1 aromatic rings. The number of rotatable bonds is 5. The van der Waals surface area contributed by atoms with E-state index in [0.717, 1.165) is 12.0 Å². The molecule has 0 bridgehead atoms. The van der Waals surface area contributed by atoms with E-state index in [4.69, 9.17) is 4.74 Å². The van der Waals surface area contributed by atoms with Crippen molar-refractivity contribution in [3.8, 4) is 0 Å². The molecular weight excluding hydrogens is 326 g/mol. The number of hydrogen-bond donors (Lipinski definition) is 0. The highest BCUT2D eigenvalue weighted by atomic mass is 16.6. The summed E-state index contributed by atoms with van der Waals surface area (Å²) in [5.74, 6) is 0.969. The van der Waals surface area contributed by atoms with E-state index in [1.54, 1.807) is 0 Å². The summed E-state index contributed by atoms with van der Waals surface area (Å²) in [5, 5.41) is 0. The summed E-state index contributed by atoms with van der Waals surface area (Å²) in [4.78, 5) is 25.5. The van der Waals surface area contributed by atoms with E-state index in [1.165, 1.54) is 21.6 Å².